The number of nitrogens with two attached hydrogens (primary N) is 1. The average Bonchev–Trinajstić information content (AvgIpc) is 2.55. The van der Waals surface area contributed by atoms with Crippen LogP contribution in [-0.2, 0) is 15.5 Å². The van der Waals surface area contributed by atoms with Crippen LogP contribution in [0.15, 0.2) is 18.2 Å². The lowest BCUT2D eigenvalue weighted by atomic mass is 9.74. The molecule has 0 bridgehead atoms. The van der Waals surface area contributed by atoms with E-state index in [4.69, 9.17) is 26.6 Å². The van der Waals surface area contributed by atoms with Crippen LogP contribution < -0.4 is 5.73 Å². The van der Waals surface area contributed by atoms with Gasteiger partial charge in [-0.2, -0.15) is 13.2 Å². The number of benzene rings is 1. The topological polar surface area (TPSA) is 44.5 Å². The van der Waals surface area contributed by atoms with Gasteiger partial charge in [0.1, 0.15) is 0 Å². The Labute approximate surface area is 133 Å². The smallest absolute Gasteiger partial charge is 0.402 e. The summed E-state index contributed by atoms with van der Waals surface area (Å²) in [6, 6.07) is 3.23. The van der Waals surface area contributed by atoms with Crippen molar-refractivity contribution in [2.45, 2.75) is 51.0 Å². The van der Waals surface area contributed by atoms with Crippen molar-refractivity contribution < 1.29 is 22.5 Å². The molecule has 0 aromatic heterocycles. The van der Waals surface area contributed by atoms with Crippen molar-refractivity contribution in [2.24, 2.45) is 5.73 Å². The number of alkyl halides is 3. The lowest BCUT2D eigenvalue weighted by Gasteiger charge is -2.32. The van der Waals surface area contributed by atoms with Crippen molar-refractivity contribution in [1.82, 2.24) is 0 Å². The Morgan fingerprint density at radius 1 is 1.09 bits per heavy atom. The molecular weight excluding hydrogens is 317 g/mol. The number of halogens is 4. The standard InChI is InChI=1S/C14H18BClF3NO2/c1-12(2)13(3,4)22-15(21-12)11(20)8-5-9(14(17,18)19)7-10(16)6-8/h5-7,11H,20H2,1-4H3/t11-/m0/s1. The molecule has 1 fully saturated rings. The van der Waals surface area contributed by atoms with E-state index in [1.807, 2.05) is 27.7 Å². The summed E-state index contributed by atoms with van der Waals surface area (Å²) in [5.41, 5.74) is 4.20. The van der Waals surface area contributed by atoms with Crippen molar-refractivity contribution in [3.63, 3.8) is 0 Å². The Balaban J connectivity index is 2.32. The highest BCUT2D eigenvalue weighted by atomic mass is 35.5. The van der Waals surface area contributed by atoms with Crippen LogP contribution in [0.1, 0.15) is 44.8 Å². The molecule has 1 aromatic carbocycles. The SMILES string of the molecule is CC1(C)OB([C@@H](N)c2cc(Cl)cc(C(F)(F)F)c2)OC1(C)C. The van der Waals surface area contributed by atoms with E-state index in [0.29, 0.717) is 0 Å². The second kappa shape index (κ2) is 5.41. The van der Waals surface area contributed by atoms with E-state index in [9.17, 15) is 13.2 Å². The molecule has 3 nitrogen and oxygen atoms in total. The molecule has 8 heteroatoms. The first-order valence-corrected chi connectivity index (χ1v) is 7.20. The summed E-state index contributed by atoms with van der Waals surface area (Å²) in [6.45, 7) is 7.38. The van der Waals surface area contributed by atoms with E-state index in [-0.39, 0.29) is 10.6 Å². The molecule has 2 N–H and O–H groups in total. The fourth-order valence-corrected chi connectivity index (χ4v) is 2.40. The molecule has 0 radical (unpaired) electrons. The van der Waals surface area contributed by atoms with Gasteiger partial charge in [-0.15, -0.1) is 0 Å². The van der Waals surface area contributed by atoms with E-state index in [2.05, 4.69) is 0 Å². The number of hydrogen-bond donors (Lipinski definition) is 1. The van der Waals surface area contributed by atoms with Crippen LogP contribution in [-0.4, -0.2) is 18.3 Å². The van der Waals surface area contributed by atoms with E-state index in [1.54, 1.807) is 0 Å². The zero-order chi connectivity index (χ0) is 16.9. The first kappa shape index (κ1) is 17.6. The summed E-state index contributed by atoms with van der Waals surface area (Å²) in [5, 5.41) is -0.0307. The largest absolute Gasteiger partial charge is 0.480 e. The molecule has 0 spiro atoms. The zero-order valence-electron chi connectivity index (χ0n) is 12.8. The molecular formula is C14H18BClF3NO2. The molecule has 22 heavy (non-hydrogen) atoms. The molecule has 1 atom stereocenters. The molecule has 0 amide bonds. The van der Waals surface area contributed by atoms with Crippen LogP contribution in [0.3, 0.4) is 0 Å². The lowest BCUT2D eigenvalue weighted by Crippen LogP contribution is -2.41. The fourth-order valence-electron chi connectivity index (χ4n) is 2.16. The monoisotopic (exact) mass is 335 g/mol. The molecule has 1 heterocycles. The van der Waals surface area contributed by atoms with Gasteiger partial charge in [0.05, 0.1) is 22.7 Å². The molecule has 0 aliphatic carbocycles. The third-order valence-electron chi connectivity index (χ3n) is 4.20. The minimum Gasteiger partial charge on any atom is -0.402 e. The maximum absolute atomic E-state index is 12.9. The summed E-state index contributed by atoms with van der Waals surface area (Å²) in [7, 11) is -0.843. The highest BCUT2D eigenvalue weighted by Gasteiger charge is 2.53. The van der Waals surface area contributed by atoms with Crippen LogP contribution in [0.25, 0.3) is 0 Å². The Kier molecular flexibility index (Phi) is 4.32. The van der Waals surface area contributed by atoms with Gasteiger partial charge in [0.2, 0.25) is 0 Å². The predicted octanol–water partition coefficient (Wildman–Crippen LogP) is 3.99. The van der Waals surface area contributed by atoms with Gasteiger partial charge < -0.3 is 15.0 Å². The summed E-state index contributed by atoms with van der Waals surface area (Å²) < 4.78 is 50.2. The first-order chi connectivity index (χ1) is 9.83. The average molecular weight is 336 g/mol. The lowest BCUT2D eigenvalue weighted by molar-refractivity contribution is -0.137. The third kappa shape index (κ3) is 3.27. The van der Waals surface area contributed by atoms with E-state index in [0.717, 1.165) is 12.1 Å². The second-order valence-electron chi connectivity index (χ2n) is 6.42. The Morgan fingerprint density at radius 2 is 1.59 bits per heavy atom. The van der Waals surface area contributed by atoms with Crippen LogP contribution >= 0.6 is 11.6 Å². The molecule has 1 aromatic rings. The minimum atomic E-state index is -4.49. The molecule has 1 saturated heterocycles. The fraction of sp³-hybridized carbons (Fsp3) is 0.571. The van der Waals surface area contributed by atoms with E-state index in [1.165, 1.54) is 6.07 Å². The van der Waals surface area contributed by atoms with Gasteiger partial charge in [0, 0.05) is 5.02 Å². The quantitative estimate of drug-likeness (QED) is 0.831. The highest BCUT2D eigenvalue weighted by Crippen LogP contribution is 2.40. The van der Waals surface area contributed by atoms with Crippen molar-refractivity contribution in [1.29, 1.82) is 0 Å². The van der Waals surface area contributed by atoms with Crippen LogP contribution in [0.5, 0.6) is 0 Å². The van der Waals surface area contributed by atoms with Gasteiger partial charge in [-0.25, -0.2) is 0 Å². The number of hydrogen-bond acceptors (Lipinski definition) is 3. The Bertz CT molecular complexity index is 562. The first-order valence-electron chi connectivity index (χ1n) is 6.82. The van der Waals surface area contributed by atoms with Crippen molar-refractivity contribution in [3.8, 4) is 0 Å². The predicted molar refractivity (Wildman–Crippen MR) is 79.5 cm³/mol. The normalized spacial score (nSPS) is 22.0. The van der Waals surface area contributed by atoms with Crippen molar-refractivity contribution >= 4 is 18.7 Å². The third-order valence-corrected chi connectivity index (χ3v) is 4.42. The van der Waals surface area contributed by atoms with E-state index < -0.39 is 36.0 Å². The second-order valence-corrected chi connectivity index (χ2v) is 6.86. The molecule has 0 saturated carbocycles. The van der Waals surface area contributed by atoms with Gasteiger partial charge in [-0.3, -0.25) is 0 Å². The van der Waals surface area contributed by atoms with Crippen LogP contribution in [0.4, 0.5) is 13.2 Å². The summed E-state index contributed by atoms with van der Waals surface area (Å²) in [6.07, 6.45) is -4.49. The molecule has 0 unspecified atom stereocenters. The Morgan fingerprint density at radius 3 is 2.05 bits per heavy atom. The summed E-state index contributed by atoms with van der Waals surface area (Å²) >= 11 is 5.78. The minimum absolute atomic E-state index is 0.0307. The van der Waals surface area contributed by atoms with Gasteiger partial charge in [0.25, 0.3) is 0 Å². The number of rotatable bonds is 2. The van der Waals surface area contributed by atoms with Gasteiger partial charge in [-0.1, -0.05) is 11.6 Å². The van der Waals surface area contributed by atoms with Crippen LogP contribution in [0, 0.1) is 0 Å². The van der Waals surface area contributed by atoms with Gasteiger partial charge in [0.15, 0.2) is 0 Å². The molecule has 122 valence electrons. The molecule has 2 rings (SSSR count). The van der Waals surface area contributed by atoms with E-state index >= 15 is 0 Å². The maximum Gasteiger partial charge on any atom is 0.480 e. The van der Waals surface area contributed by atoms with Gasteiger partial charge in [-0.05, 0) is 51.5 Å². The Hall–Kier alpha value is -0.755. The molecule has 1 aliphatic heterocycles. The summed E-state index contributed by atoms with van der Waals surface area (Å²) in [5.74, 6) is -0.874. The van der Waals surface area contributed by atoms with Crippen LogP contribution in [0.2, 0.25) is 5.02 Å². The highest BCUT2D eigenvalue weighted by molar-refractivity contribution is 6.47. The molecule has 1 aliphatic rings. The van der Waals surface area contributed by atoms with Crippen molar-refractivity contribution in [3.05, 3.63) is 34.3 Å². The van der Waals surface area contributed by atoms with Crippen molar-refractivity contribution in [2.75, 3.05) is 0 Å². The van der Waals surface area contributed by atoms with Gasteiger partial charge >= 0.3 is 13.3 Å². The summed E-state index contributed by atoms with van der Waals surface area (Å²) in [4.78, 5) is 0. The zero-order valence-corrected chi connectivity index (χ0v) is 13.5. The maximum atomic E-state index is 12.9.